The highest BCUT2D eigenvalue weighted by Crippen LogP contribution is 2.24. The van der Waals surface area contributed by atoms with Gasteiger partial charge in [0, 0.05) is 13.1 Å². The number of nitrogens with zero attached hydrogens (tertiary/aromatic N) is 3. The molecule has 2 aliphatic heterocycles. The Balaban J connectivity index is 2.26. The lowest BCUT2D eigenvalue weighted by Crippen LogP contribution is -2.38. The lowest BCUT2D eigenvalue weighted by molar-refractivity contribution is -0.134. The molecule has 0 amide bonds. The number of thiol groups is 1. The van der Waals surface area contributed by atoms with Crippen LogP contribution in [0.3, 0.4) is 0 Å². The first-order chi connectivity index (χ1) is 7.61. The maximum absolute atomic E-state index is 11.5. The first kappa shape index (κ1) is 11.0. The summed E-state index contributed by atoms with van der Waals surface area (Å²) in [5.41, 5.74) is 3.22. The summed E-state index contributed by atoms with van der Waals surface area (Å²) in [6.07, 6.45) is 3.31. The van der Waals surface area contributed by atoms with E-state index < -0.39 is 5.97 Å². The zero-order valence-electron chi connectivity index (χ0n) is 8.97. The number of ether oxygens (including phenoxy) is 1. The molecular formula is C9H12N4O2S. The lowest BCUT2D eigenvalue weighted by atomic mass is 10.3. The van der Waals surface area contributed by atoms with Gasteiger partial charge in [0.1, 0.15) is 0 Å². The molecule has 0 unspecified atom stereocenters. The van der Waals surface area contributed by atoms with Gasteiger partial charge in [-0.2, -0.15) is 0 Å². The Morgan fingerprint density at radius 1 is 1.69 bits per heavy atom. The number of rotatable bonds is 2. The quantitative estimate of drug-likeness (QED) is 0.535. The Kier molecular flexibility index (Phi) is 2.88. The predicted octanol–water partition coefficient (Wildman–Crippen LogP) is 0.241. The Bertz CT molecular complexity index is 416. The molecule has 0 aromatic heterocycles. The van der Waals surface area contributed by atoms with Crippen LogP contribution in [0, 0.1) is 0 Å². The van der Waals surface area contributed by atoms with Crippen LogP contribution in [-0.4, -0.2) is 35.4 Å². The van der Waals surface area contributed by atoms with Gasteiger partial charge >= 0.3 is 5.97 Å². The molecule has 2 aliphatic rings. The molecule has 0 saturated heterocycles. The molecule has 2 rings (SSSR count). The van der Waals surface area contributed by atoms with Gasteiger partial charge in [0.15, 0.2) is 11.5 Å². The van der Waals surface area contributed by atoms with Crippen LogP contribution in [0.15, 0.2) is 28.1 Å². The summed E-state index contributed by atoms with van der Waals surface area (Å²) in [5.74, 6) is 0.169. The molecule has 86 valence electrons. The minimum Gasteiger partial charge on any atom is -0.461 e. The molecule has 6 nitrogen and oxygen atoms in total. The van der Waals surface area contributed by atoms with Crippen molar-refractivity contribution in [1.29, 1.82) is 0 Å². The van der Waals surface area contributed by atoms with E-state index >= 15 is 0 Å². The molecule has 0 aromatic carbocycles. The van der Waals surface area contributed by atoms with Crippen LogP contribution >= 0.6 is 12.6 Å². The van der Waals surface area contributed by atoms with Gasteiger partial charge in [-0.05, 0) is 6.92 Å². The minimum atomic E-state index is -0.441. The number of hydrazine groups is 2. The van der Waals surface area contributed by atoms with Gasteiger partial charge in [-0.15, -0.1) is 18.2 Å². The number of hydrogen-bond donors (Lipinski definition) is 2. The third-order valence-electron chi connectivity index (χ3n) is 2.01. The van der Waals surface area contributed by atoms with Gasteiger partial charge in [0.05, 0.1) is 17.8 Å². The number of carbonyl (C=O) groups is 1. The van der Waals surface area contributed by atoms with Gasteiger partial charge in [-0.1, -0.05) is 0 Å². The fourth-order valence-electron chi connectivity index (χ4n) is 1.37. The molecule has 0 atom stereocenters. The molecule has 16 heavy (non-hydrogen) atoms. The van der Waals surface area contributed by atoms with Gasteiger partial charge in [0.2, 0.25) is 0 Å². The van der Waals surface area contributed by atoms with Crippen LogP contribution < -0.4 is 5.53 Å². The van der Waals surface area contributed by atoms with Crippen LogP contribution in [-0.2, 0) is 9.53 Å². The van der Waals surface area contributed by atoms with Crippen LogP contribution in [0.5, 0.6) is 0 Å². The SMILES string of the molecule is CCOC(=O)C1=NC2=CN(C)NN2C(S)=C1. The summed E-state index contributed by atoms with van der Waals surface area (Å²) in [4.78, 5) is 15.7. The molecule has 0 aliphatic carbocycles. The van der Waals surface area contributed by atoms with Crippen molar-refractivity contribution in [1.82, 2.24) is 15.6 Å². The first-order valence-electron chi connectivity index (χ1n) is 4.79. The zero-order valence-corrected chi connectivity index (χ0v) is 9.86. The van der Waals surface area contributed by atoms with Crippen molar-refractivity contribution in [2.24, 2.45) is 4.99 Å². The number of hydrogen-bond acceptors (Lipinski definition) is 7. The van der Waals surface area contributed by atoms with Crippen molar-refractivity contribution in [3.05, 3.63) is 23.1 Å². The van der Waals surface area contributed by atoms with Crippen LogP contribution in [0.2, 0.25) is 0 Å². The molecule has 7 heteroatoms. The first-order valence-corrected chi connectivity index (χ1v) is 5.24. The average Bonchev–Trinajstić information content (AvgIpc) is 2.59. The highest BCUT2D eigenvalue weighted by molar-refractivity contribution is 7.84. The topological polar surface area (TPSA) is 57.2 Å². The maximum atomic E-state index is 11.5. The van der Waals surface area contributed by atoms with Gasteiger partial charge in [-0.3, -0.25) is 5.01 Å². The van der Waals surface area contributed by atoms with Crippen LogP contribution in [0.4, 0.5) is 0 Å². The van der Waals surface area contributed by atoms with Crippen molar-refractivity contribution in [2.45, 2.75) is 6.92 Å². The summed E-state index contributed by atoms with van der Waals surface area (Å²) < 4.78 is 4.88. The van der Waals surface area contributed by atoms with Crippen molar-refractivity contribution < 1.29 is 9.53 Å². The van der Waals surface area contributed by atoms with Crippen molar-refractivity contribution in [3.63, 3.8) is 0 Å². The second kappa shape index (κ2) is 4.18. The van der Waals surface area contributed by atoms with Crippen molar-refractivity contribution >= 4 is 24.3 Å². The van der Waals surface area contributed by atoms with E-state index in [0.29, 0.717) is 17.5 Å². The van der Waals surface area contributed by atoms with Gasteiger partial charge in [0.25, 0.3) is 0 Å². The maximum Gasteiger partial charge on any atom is 0.357 e. The van der Waals surface area contributed by atoms with E-state index in [9.17, 15) is 4.79 Å². The largest absolute Gasteiger partial charge is 0.461 e. The molecule has 2 heterocycles. The third kappa shape index (κ3) is 1.91. The summed E-state index contributed by atoms with van der Waals surface area (Å²) in [5, 5.41) is 3.97. The Hall–Kier alpha value is -1.47. The Labute approximate surface area is 98.6 Å². The summed E-state index contributed by atoms with van der Waals surface area (Å²) >= 11 is 4.27. The van der Waals surface area contributed by atoms with Crippen LogP contribution in [0.1, 0.15) is 6.92 Å². The molecule has 0 bridgehead atoms. The van der Waals surface area contributed by atoms with E-state index in [1.54, 1.807) is 29.2 Å². The van der Waals surface area contributed by atoms with Gasteiger partial charge in [-0.25, -0.2) is 14.8 Å². The summed E-state index contributed by atoms with van der Waals surface area (Å²) in [7, 11) is 1.83. The van der Waals surface area contributed by atoms with E-state index in [4.69, 9.17) is 4.74 Å². The Morgan fingerprint density at radius 3 is 3.12 bits per heavy atom. The lowest BCUT2D eigenvalue weighted by Gasteiger charge is -2.23. The zero-order chi connectivity index (χ0) is 11.7. The molecule has 0 fully saturated rings. The molecular weight excluding hydrogens is 228 g/mol. The number of fused-ring (bicyclic) bond motifs is 1. The van der Waals surface area contributed by atoms with Crippen molar-refractivity contribution in [2.75, 3.05) is 13.7 Å². The number of esters is 1. The van der Waals surface area contributed by atoms with E-state index in [1.807, 2.05) is 7.05 Å². The Morgan fingerprint density at radius 2 is 2.44 bits per heavy atom. The second-order valence-electron chi connectivity index (χ2n) is 3.25. The van der Waals surface area contributed by atoms with E-state index in [-0.39, 0.29) is 5.71 Å². The second-order valence-corrected chi connectivity index (χ2v) is 3.71. The third-order valence-corrected chi connectivity index (χ3v) is 2.34. The van der Waals surface area contributed by atoms with Crippen LogP contribution in [0.25, 0.3) is 0 Å². The molecule has 1 N–H and O–H groups in total. The van der Waals surface area contributed by atoms with E-state index in [1.165, 1.54) is 0 Å². The highest BCUT2D eigenvalue weighted by Gasteiger charge is 2.26. The minimum absolute atomic E-state index is 0.256. The normalized spacial score (nSPS) is 18.8. The predicted molar refractivity (Wildman–Crippen MR) is 62.0 cm³/mol. The van der Waals surface area contributed by atoms with Gasteiger partial charge < -0.3 is 4.74 Å². The standard InChI is InChI=1S/C9H12N4O2S/c1-3-15-9(14)6-4-8(16)13-7(10-6)5-12(2)11-13/h4-5,11,16H,3H2,1-2H3. The number of nitrogens with one attached hydrogen (secondary N) is 1. The fourth-order valence-corrected chi connectivity index (χ4v) is 1.64. The smallest absolute Gasteiger partial charge is 0.357 e. The summed E-state index contributed by atoms with van der Waals surface area (Å²) in [6, 6.07) is 0. The number of aliphatic imine (C=N–C) groups is 1. The molecule has 0 radical (unpaired) electrons. The highest BCUT2D eigenvalue weighted by atomic mass is 32.1. The average molecular weight is 240 g/mol. The van der Waals surface area contributed by atoms with E-state index in [0.717, 1.165) is 0 Å². The summed E-state index contributed by atoms with van der Waals surface area (Å²) in [6.45, 7) is 2.08. The fraction of sp³-hybridized carbons (Fsp3) is 0.333. The number of carbonyl (C=O) groups excluding carboxylic acids is 1. The molecule has 0 spiro atoms. The van der Waals surface area contributed by atoms with Crippen molar-refractivity contribution in [3.8, 4) is 0 Å². The van der Waals surface area contributed by atoms with E-state index in [2.05, 4.69) is 23.2 Å². The molecule has 0 aromatic rings. The molecule has 0 saturated carbocycles. The monoisotopic (exact) mass is 240 g/mol.